The third kappa shape index (κ3) is 8.20. The number of benzene rings is 5. The van der Waals surface area contributed by atoms with Crippen molar-refractivity contribution in [3.05, 3.63) is 131 Å². The Kier molecular flexibility index (Phi) is 10.4. The van der Waals surface area contributed by atoms with Crippen molar-refractivity contribution in [3.63, 3.8) is 0 Å². The molecule has 0 unspecified atom stereocenters. The minimum Gasteiger partial charge on any atom is -0.429 e. The van der Waals surface area contributed by atoms with Gasteiger partial charge in [0.15, 0.2) is 11.6 Å². The summed E-state index contributed by atoms with van der Waals surface area (Å²) in [6.07, 6.45) is -5.98. The zero-order valence-corrected chi connectivity index (χ0v) is 25.9. The van der Waals surface area contributed by atoms with Crippen LogP contribution in [0.1, 0.15) is 37.3 Å². The molecule has 0 aliphatic carbocycles. The normalized spacial score (nSPS) is 11.9. The SMILES string of the molecule is CCCCCc1ccc(-c2cc(F)c(C(F)(F)Oc3ccc(-c4cc(F)c(-c5ccc(OC(F)(F)F)c(F)c5)c(F)c4)c(F)c3)c(F)c2)cc1. The summed E-state index contributed by atoms with van der Waals surface area (Å²) in [6.45, 7) is 2.07. The van der Waals surface area contributed by atoms with E-state index in [1.165, 1.54) is 0 Å². The average Bonchev–Trinajstić information content (AvgIpc) is 3.01. The van der Waals surface area contributed by atoms with Gasteiger partial charge in [-0.05, 0) is 89.2 Å². The molecule has 0 radical (unpaired) electrons. The van der Waals surface area contributed by atoms with E-state index in [2.05, 4.69) is 16.4 Å². The van der Waals surface area contributed by atoms with Crippen molar-refractivity contribution >= 4 is 0 Å². The van der Waals surface area contributed by atoms with Crippen LogP contribution in [-0.2, 0) is 12.5 Å². The molecule has 0 saturated carbocycles. The van der Waals surface area contributed by atoms with E-state index in [4.69, 9.17) is 0 Å². The number of alkyl halides is 5. The maximum absolute atomic E-state index is 15.1. The molecule has 0 heterocycles. The highest BCUT2D eigenvalue weighted by atomic mass is 19.4. The van der Waals surface area contributed by atoms with Crippen molar-refractivity contribution in [1.29, 1.82) is 0 Å². The second-order valence-electron chi connectivity index (χ2n) is 11.2. The Bertz CT molecular complexity index is 1960. The third-order valence-corrected chi connectivity index (χ3v) is 7.68. The molecule has 0 atom stereocenters. The predicted molar refractivity (Wildman–Crippen MR) is 163 cm³/mol. The van der Waals surface area contributed by atoms with E-state index in [9.17, 15) is 26.3 Å². The largest absolute Gasteiger partial charge is 0.573 e. The van der Waals surface area contributed by atoms with Crippen LogP contribution < -0.4 is 9.47 Å². The summed E-state index contributed by atoms with van der Waals surface area (Å²) in [5.41, 5.74) is -2.66. The van der Waals surface area contributed by atoms with Crippen LogP contribution in [-0.4, -0.2) is 6.36 Å². The third-order valence-electron chi connectivity index (χ3n) is 7.68. The number of hydrogen-bond donors (Lipinski definition) is 0. The summed E-state index contributed by atoms with van der Waals surface area (Å²) in [6, 6.07) is 13.2. The Morgan fingerprint density at radius 1 is 0.520 bits per heavy atom. The highest BCUT2D eigenvalue weighted by molar-refractivity contribution is 5.73. The van der Waals surface area contributed by atoms with Crippen molar-refractivity contribution in [2.75, 3.05) is 0 Å². The fourth-order valence-corrected chi connectivity index (χ4v) is 5.32. The fourth-order valence-electron chi connectivity index (χ4n) is 5.32. The van der Waals surface area contributed by atoms with Crippen LogP contribution in [0, 0.1) is 34.9 Å². The molecule has 50 heavy (non-hydrogen) atoms. The number of aryl methyl sites for hydroxylation is 1. The van der Waals surface area contributed by atoms with E-state index in [-0.39, 0.29) is 5.56 Å². The first-order valence-electron chi connectivity index (χ1n) is 15.1. The molecular weight excluding hydrogens is 685 g/mol. The molecule has 0 aliphatic heterocycles. The van der Waals surface area contributed by atoms with Crippen molar-refractivity contribution in [2.24, 2.45) is 0 Å². The van der Waals surface area contributed by atoms with Gasteiger partial charge in [-0.15, -0.1) is 13.2 Å². The first kappa shape index (κ1) is 36.2. The zero-order valence-electron chi connectivity index (χ0n) is 25.9. The lowest BCUT2D eigenvalue weighted by Crippen LogP contribution is -2.25. The van der Waals surface area contributed by atoms with Gasteiger partial charge >= 0.3 is 12.5 Å². The summed E-state index contributed by atoms with van der Waals surface area (Å²) in [5.74, 6) is -11.0. The second-order valence-corrected chi connectivity index (χ2v) is 11.2. The Balaban J connectivity index is 1.35. The highest BCUT2D eigenvalue weighted by Crippen LogP contribution is 2.39. The lowest BCUT2D eigenvalue weighted by atomic mass is 9.98. The number of hydrogen-bond acceptors (Lipinski definition) is 2. The number of unbranched alkanes of at least 4 members (excludes halogenated alkanes) is 2. The lowest BCUT2D eigenvalue weighted by Gasteiger charge is -2.20. The smallest absolute Gasteiger partial charge is 0.429 e. The molecule has 262 valence electrons. The van der Waals surface area contributed by atoms with Gasteiger partial charge in [-0.3, -0.25) is 0 Å². The Hall–Kier alpha value is -5.07. The van der Waals surface area contributed by atoms with Gasteiger partial charge in [0.25, 0.3) is 0 Å². The second kappa shape index (κ2) is 14.4. The zero-order chi connectivity index (χ0) is 36.4. The van der Waals surface area contributed by atoms with Gasteiger partial charge in [-0.25, -0.2) is 26.3 Å². The molecule has 0 saturated heterocycles. The molecule has 0 spiro atoms. The molecule has 2 nitrogen and oxygen atoms in total. The van der Waals surface area contributed by atoms with Crippen molar-refractivity contribution < 1.29 is 57.8 Å². The maximum Gasteiger partial charge on any atom is 0.573 e. The average molecular weight is 711 g/mol. The van der Waals surface area contributed by atoms with Crippen LogP contribution in [0.15, 0.2) is 84.9 Å². The molecule has 5 aromatic rings. The monoisotopic (exact) mass is 710 g/mol. The van der Waals surface area contributed by atoms with Gasteiger partial charge < -0.3 is 9.47 Å². The van der Waals surface area contributed by atoms with E-state index in [1.807, 2.05) is 0 Å². The number of ether oxygens (including phenoxy) is 2. The minimum absolute atomic E-state index is 0.00171. The molecule has 0 amide bonds. The highest BCUT2D eigenvalue weighted by Gasteiger charge is 2.41. The van der Waals surface area contributed by atoms with E-state index in [1.54, 1.807) is 24.3 Å². The first-order chi connectivity index (χ1) is 23.6. The van der Waals surface area contributed by atoms with Crippen LogP contribution in [0.5, 0.6) is 11.5 Å². The Labute approximate surface area is 278 Å². The fraction of sp³-hybridized carbons (Fsp3) is 0.189. The number of rotatable bonds is 11. The molecule has 13 heteroatoms. The van der Waals surface area contributed by atoms with E-state index in [0.717, 1.165) is 61.6 Å². The van der Waals surface area contributed by atoms with Crippen LogP contribution in [0.25, 0.3) is 33.4 Å². The van der Waals surface area contributed by atoms with Crippen molar-refractivity contribution in [2.45, 2.75) is 45.1 Å². The molecule has 0 N–H and O–H groups in total. The molecule has 5 rings (SSSR count). The van der Waals surface area contributed by atoms with Crippen LogP contribution in [0.4, 0.5) is 48.3 Å². The van der Waals surface area contributed by atoms with Gasteiger partial charge in [-0.1, -0.05) is 50.1 Å². The van der Waals surface area contributed by atoms with Gasteiger partial charge in [0.1, 0.15) is 40.4 Å². The predicted octanol–water partition coefficient (Wildman–Crippen LogP) is 12.3. The van der Waals surface area contributed by atoms with Gasteiger partial charge in [-0.2, -0.15) is 8.78 Å². The topological polar surface area (TPSA) is 18.5 Å². The van der Waals surface area contributed by atoms with Crippen LogP contribution >= 0.6 is 0 Å². The van der Waals surface area contributed by atoms with Gasteiger partial charge in [0.05, 0.1) is 5.56 Å². The molecule has 0 aliphatic rings. The van der Waals surface area contributed by atoms with Gasteiger partial charge in [0.2, 0.25) is 0 Å². The maximum atomic E-state index is 15.1. The van der Waals surface area contributed by atoms with Crippen molar-refractivity contribution in [3.8, 4) is 44.9 Å². The quantitative estimate of drug-likeness (QED) is 0.100. The van der Waals surface area contributed by atoms with E-state index >= 15 is 22.0 Å². The summed E-state index contributed by atoms with van der Waals surface area (Å²) in [5, 5.41) is 0. The first-order valence-corrected chi connectivity index (χ1v) is 15.1. The van der Waals surface area contributed by atoms with Crippen molar-refractivity contribution in [1.82, 2.24) is 0 Å². The van der Waals surface area contributed by atoms with Gasteiger partial charge in [0, 0.05) is 11.6 Å². The lowest BCUT2D eigenvalue weighted by molar-refractivity contribution is -0.275. The van der Waals surface area contributed by atoms with Crippen LogP contribution in [0.3, 0.4) is 0 Å². The van der Waals surface area contributed by atoms with E-state index < -0.39 is 86.7 Å². The summed E-state index contributed by atoms with van der Waals surface area (Å²) < 4.78 is 165. The number of halogens is 11. The van der Waals surface area contributed by atoms with E-state index in [0.29, 0.717) is 35.9 Å². The minimum atomic E-state index is -5.22. The molecule has 0 fully saturated rings. The summed E-state index contributed by atoms with van der Waals surface area (Å²) >= 11 is 0. The molecule has 0 bridgehead atoms. The molecule has 5 aromatic carbocycles. The Morgan fingerprint density at radius 2 is 1.10 bits per heavy atom. The Morgan fingerprint density at radius 3 is 1.66 bits per heavy atom. The summed E-state index contributed by atoms with van der Waals surface area (Å²) in [4.78, 5) is 0. The van der Waals surface area contributed by atoms with Crippen LogP contribution in [0.2, 0.25) is 0 Å². The molecule has 0 aromatic heterocycles. The standard InChI is InChI=1S/C37H25F11O2/c1-2-3-4-5-20-6-8-21(9-7-20)23-15-31(42)35(32(43)16-23)36(44,45)49-25-11-12-26(27(38)19-25)24-17-29(40)34(30(41)18-24)22-10-13-33(28(39)14-22)50-37(46,47)48/h6-19H,2-5H2,1H3. The summed E-state index contributed by atoms with van der Waals surface area (Å²) in [7, 11) is 0. The molecular formula is C37H25F11O2.